The normalized spacial score (nSPS) is 14.6. The van der Waals surface area contributed by atoms with Crippen molar-refractivity contribution in [2.75, 3.05) is 26.4 Å². The molecule has 0 heterocycles. The summed E-state index contributed by atoms with van der Waals surface area (Å²) in [4.78, 5) is 33.3. The molecule has 0 spiro atoms. The molecular weight excluding hydrogens is 621 g/mol. The average molecular weight is 688 g/mol. The molecule has 0 aromatic carbocycles. The number of carboxylic acids is 1. The SMILES string of the molecule is CCC/C=C\CCCCCCCCOCC(COP(=O)(O)OCC(N)C(=O)O)OC(=O)CCCCCCC/C=C\C/C=C\CCCC. The Kier molecular flexibility index (Phi) is 31.5. The first-order valence-electron chi connectivity index (χ1n) is 18.0. The maximum absolute atomic E-state index is 12.5. The highest BCUT2D eigenvalue weighted by Gasteiger charge is 2.27. The molecule has 0 saturated carbocycles. The number of hydrogen-bond donors (Lipinski definition) is 3. The van der Waals surface area contributed by atoms with Crippen molar-refractivity contribution in [1.29, 1.82) is 0 Å². The van der Waals surface area contributed by atoms with E-state index in [2.05, 4.69) is 54.8 Å². The Hall–Kier alpha value is -1.81. The van der Waals surface area contributed by atoms with E-state index < -0.39 is 45.1 Å². The fourth-order valence-electron chi connectivity index (χ4n) is 4.50. The molecule has 4 N–H and O–H groups in total. The van der Waals surface area contributed by atoms with Gasteiger partial charge in [-0.05, 0) is 57.8 Å². The quantitative estimate of drug-likeness (QED) is 0.0258. The topological polar surface area (TPSA) is 155 Å². The number of carboxylic acid groups (broad SMARTS) is 1. The van der Waals surface area contributed by atoms with Crippen LogP contribution in [0.1, 0.15) is 142 Å². The average Bonchev–Trinajstić information content (AvgIpc) is 3.04. The minimum Gasteiger partial charge on any atom is -0.480 e. The molecule has 0 amide bonds. The van der Waals surface area contributed by atoms with E-state index in [9.17, 15) is 19.0 Å². The van der Waals surface area contributed by atoms with Crippen LogP contribution in [-0.4, -0.2) is 60.5 Å². The van der Waals surface area contributed by atoms with Gasteiger partial charge >= 0.3 is 19.8 Å². The van der Waals surface area contributed by atoms with Crippen LogP contribution in [0.25, 0.3) is 0 Å². The Morgan fingerprint density at radius 2 is 1.21 bits per heavy atom. The molecule has 0 aliphatic heterocycles. The molecule has 47 heavy (non-hydrogen) atoms. The molecule has 0 bridgehead atoms. The molecule has 0 aliphatic carbocycles. The number of carbonyl (C=O) groups excluding carboxylic acids is 1. The van der Waals surface area contributed by atoms with Crippen LogP contribution in [0.5, 0.6) is 0 Å². The van der Waals surface area contributed by atoms with Gasteiger partial charge in [0.15, 0.2) is 0 Å². The van der Waals surface area contributed by atoms with Crippen molar-refractivity contribution < 1.29 is 42.7 Å². The van der Waals surface area contributed by atoms with Crippen LogP contribution in [0.2, 0.25) is 0 Å². The molecule has 274 valence electrons. The minimum atomic E-state index is -4.61. The highest BCUT2D eigenvalue weighted by Crippen LogP contribution is 2.43. The minimum absolute atomic E-state index is 0.00647. The standard InChI is InChI=1S/C36H66NO9P/c1-3-5-7-9-11-13-15-16-17-18-20-22-24-26-28-35(38)46-33(31-44-47(41,42)45-32-34(37)36(39)40)30-43-29-27-25-23-21-19-14-12-10-8-6-4-2/h8-11,15-16,33-34H,3-7,12-14,17-32,37H2,1-2H3,(H,39,40)(H,41,42)/b10-8-,11-9-,16-15-. The van der Waals surface area contributed by atoms with Crippen LogP contribution in [0, 0.1) is 0 Å². The van der Waals surface area contributed by atoms with Crippen LogP contribution in [0.4, 0.5) is 0 Å². The summed E-state index contributed by atoms with van der Waals surface area (Å²) >= 11 is 0. The summed E-state index contributed by atoms with van der Waals surface area (Å²) in [6, 6.07) is -1.47. The fraction of sp³-hybridized carbons (Fsp3) is 0.778. The largest absolute Gasteiger partial charge is 0.480 e. The highest BCUT2D eigenvalue weighted by molar-refractivity contribution is 7.47. The van der Waals surface area contributed by atoms with E-state index >= 15 is 0 Å². The lowest BCUT2D eigenvalue weighted by atomic mass is 10.1. The first-order valence-corrected chi connectivity index (χ1v) is 19.5. The van der Waals surface area contributed by atoms with Crippen LogP contribution >= 0.6 is 7.82 Å². The predicted molar refractivity (Wildman–Crippen MR) is 189 cm³/mol. The molecule has 0 saturated heterocycles. The molecule has 0 aromatic heterocycles. The van der Waals surface area contributed by atoms with Crippen molar-refractivity contribution in [2.24, 2.45) is 5.73 Å². The van der Waals surface area contributed by atoms with E-state index in [0.29, 0.717) is 13.0 Å². The summed E-state index contributed by atoms with van der Waals surface area (Å²) in [5, 5.41) is 8.85. The Morgan fingerprint density at radius 1 is 0.681 bits per heavy atom. The summed E-state index contributed by atoms with van der Waals surface area (Å²) in [5.74, 6) is -1.80. The van der Waals surface area contributed by atoms with Gasteiger partial charge in [-0.15, -0.1) is 0 Å². The summed E-state index contributed by atoms with van der Waals surface area (Å²) in [6.07, 6.45) is 33.4. The molecule has 10 nitrogen and oxygen atoms in total. The second-order valence-corrected chi connectivity index (χ2v) is 13.4. The summed E-state index contributed by atoms with van der Waals surface area (Å²) in [7, 11) is -4.61. The second-order valence-electron chi connectivity index (χ2n) is 12.0. The lowest BCUT2D eigenvalue weighted by molar-refractivity contribution is -0.154. The van der Waals surface area contributed by atoms with Crippen LogP contribution in [-0.2, 0) is 32.7 Å². The van der Waals surface area contributed by atoms with Gasteiger partial charge in [0.2, 0.25) is 0 Å². The molecule has 11 heteroatoms. The molecule has 3 unspecified atom stereocenters. The Bertz CT molecular complexity index is 894. The Morgan fingerprint density at radius 3 is 1.83 bits per heavy atom. The van der Waals surface area contributed by atoms with Gasteiger partial charge in [-0.3, -0.25) is 18.6 Å². The van der Waals surface area contributed by atoms with E-state index in [1.54, 1.807) is 0 Å². The number of hydrogen-bond acceptors (Lipinski definition) is 8. The van der Waals surface area contributed by atoms with E-state index in [1.165, 1.54) is 38.5 Å². The fourth-order valence-corrected chi connectivity index (χ4v) is 5.28. The van der Waals surface area contributed by atoms with Gasteiger partial charge in [0, 0.05) is 13.0 Å². The van der Waals surface area contributed by atoms with E-state index in [-0.39, 0.29) is 13.0 Å². The third-order valence-corrected chi connectivity index (χ3v) is 8.32. The van der Waals surface area contributed by atoms with Crippen molar-refractivity contribution in [2.45, 2.75) is 154 Å². The lowest BCUT2D eigenvalue weighted by Crippen LogP contribution is -2.34. The number of rotatable bonds is 34. The lowest BCUT2D eigenvalue weighted by Gasteiger charge is -2.20. The van der Waals surface area contributed by atoms with E-state index in [4.69, 9.17) is 24.8 Å². The molecule has 0 radical (unpaired) electrons. The zero-order valence-electron chi connectivity index (χ0n) is 29.4. The van der Waals surface area contributed by atoms with Crippen molar-refractivity contribution in [3.8, 4) is 0 Å². The van der Waals surface area contributed by atoms with Crippen molar-refractivity contribution in [3.63, 3.8) is 0 Å². The van der Waals surface area contributed by atoms with Gasteiger partial charge < -0.3 is 25.2 Å². The number of carbonyl (C=O) groups is 2. The van der Waals surface area contributed by atoms with Gasteiger partial charge in [0.05, 0.1) is 19.8 Å². The van der Waals surface area contributed by atoms with Crippen LogP contribution in [0.3, 0.4) is 0 Å². The van der Waals surface area contributed by atoms with Gasteiger partial charge in [-0.1, -0.05) is 115 Å². The number of phosphoric acid groups is 1. The predicted octanol–water partition coefficient (Wildman–Crippen LogP) is 8.97. The van der Waals surface area contributed by atoms with Gasteiger partial charge in [0.25, 0.3) is 0 Å². The van der Waals surface area contributed by atoms with E-state index in [0.717, 1.165) is 77.0 Å². The molecule has 0 aliphatic rings. The van der Waals surface area contributed by atoms with Crippen molar-refractivity contribution in [1.82, 2.24) is 0 Å². The smallest absolute Gasteiger partial charge is 0.472 e. The maximum Gasteiger partial charge on any atom is 0.472 e. The number of unbranched alkanes of at least 4 members (excludes halogenated alkanes) is 14. The summed E-state index contributed by atoms with van der Waals surface area (Å²) in [6.45, 7) is 3.72. The molecular formula is C36H66NO9P. The van der Waals surface area contributed by atoms with Gasteiger partial charge in [-0.2, -0.15) is 0 Å². The number of allylic oxidation sites excluding steroid dienone is 6. The number of aliphatic carboxylic acids is 1. The Balaban J connectivity index is 4.37. The number of ether oxygens (including phenoxy) is 2. The maximum atomic E-state index is 12.5. The van der Waals surface area contributed by atoms with Gasteiger partial charge in [-0.25, -0.2) is 4.57 Å². The van der Waals surface area contributed by atoms with Crippen molar-refractivity contribution in [3.05, 3.63) is 36.5 Å². The number of nitrogens with two attached hydrogens (primary N) is 1. The third-order valence-electron chi connectivity index (χ3n) is 7.37. The molecule has 0 aromatic rings. The first-order chi connectivity index (χ1) is 22.7. The zero-order valence-corrected chi connectivity index (χ0v) is 30.3. The van der Waals surface area contributed by atoms with Crippen LogP contribution in [0.15, 0.2) is 36.5 Å². The second kappa shape index (κ2) is 32.7. The number of phosphoric ester groups is 1. The van der Waals surface area contributed by atoms with Crippen LogP contribution < -0.4 is 5.73 Å². The molecule has 0 rings (SSSR count). The van der Waals surface area contributed by atoms with Crippen molar-refractivity contribution >= 4 is 19.8 Å². The summed E-state index contributed by atoms with van der Waals surface area (Å²) < 4.78 is 33.1. The summed E-state index contributed by atoms with van der Waals surface area (Å²) in [5.41, 5.74) is 5.32. The Labute approximate surface area is 285 Å². The molecule has 0 fully saturated rings. The molecule has 3 atom stereocenters. The third kappa shape index (κ3) is 32.5. The zero-order chi connectivity index (χ0) is 34.9. The highest BCUT2D eigenvalue weighted by atomic mass is 31.2. The first kappa shape index (κ1) is 45.2. The van der Waals surface area contributed by atoms with E-state index in [1.807, 2.05) is 0 Å². The monoisotopic (exact) mass is 687 g/mol. The van der Waals surface area contributed by atoms with Gasteiger partial charge in [0.1, 0.15) is 12.1 Å². The number of esters is 1.